The van der Waals surface area contributed by atoms with Crippen molar-refractivity contribution in [2.45, 2.75) is 11.4 Å². The number of nitrogens with zero attached hydrogens (tertiary/aromatic N) is 2. The topological polar surface area (TPSA) is 45.0 Å². The average Bonchev–Trinajstić information content (AvgIpc) is 2.94. The smallest absolute Gasteiger partial charge is 0.226 e. The van der Waals surface area contributed by atoms with Gasteiger partial charge in [-0.3, -0.25) is 0 Å². The van der Waals surface area contributed by atoms with Crippen LogP contribution in [0.5, 0.6) is 0 Å². The van der Waals surface area contributed by atoms with Gasteiger partial charge in [0.25, 0.3) is 0 Å². The predicted octanol–water partition coefficient (Wildman–Crippen LogP) is 3.66. The summed E-state index contributed by atoms with van der Waals surface area (Å²) < 4.78 is 9.64. The Morgan fingerprint density at radius 3 is 2.25 bits per heavy atom. The van der Waals surface area contributed by atoms with Crippen LogP contribution >= 0.6 is 12.0 Å². The summed E-state index contributed by atoms with van der Waals surface area (Å²) in [6.45, 7) is 0. The van der Waals surface area contributed by atoms with Gasteiger partial charge >= 0.3 is 0 Å². The largest absolute Gasteiger partial charge is 0.327 e. The third-order valence-electron chi connectivity index (χ3n) is 3.18. The fourth-order valence-electron chi connectivity index (χ4n) is 2.18. The third-order valence-corrected chi connectivity index (χ3v) is 3.81. The Hall–Kier alpha value is -1.91. The predicted molar refractivity (Wildman–Crippen MR) is 84.6 cm³/mol. The minimum absolute atomic E-state index is 0.571. The Morgan fingerprint density at radius 1 is 0.950 bits per heavy atom. The summed E-state index contributed by atoms with van der Waals surface area (Å²) in [6.07, 6.45) is 2.31. The van der Waals surface area contributed by atoms with Gasteiger partial charge in [0, 0.05) is 24.0 Å². The molecule has 20 heavy (non-hydrogen) atoms. The van der Waals surface area contributed by atoms with Gasteiger partial charge in [0.15, 0.2) is 0 Å². The van der Waals surface area contributed by atoms with Crippen molar-refractivity contribution < 1.29 is 4.55 Å². The van der Waals surface area contributed by atoms with Crippen LogP contribution < -0.4 is 0 Å². The van der Waals surface area contributed by atoms with Crippen molar-refractivity contribution in [3.63, 3.8) is 0 Å². The lowest BCUT2D eigenvalue weighted by molar-refractivity contribution is 0.579. The Labute approximate surface area is 122 Å². The van der Waals surface area contributed by atoms with Crippen LogP contribution in [0, 0.1) is 0 Å². The molecular weight excluding hydrogens is 268 g/mol. The van der Waals surface area contributed by atoms with Crippen LogP contribution in [0.3, 0.4) is 0 Å². The van der Waals surface area contributed by atoms with E-state index in [0.29, 0.717) is 18.5 Å². The van der Waals surface area contributed by atoms with Crippen LogP contribution in [0.4, 0.5) is 0 Å². The lowest BCUT2D eigenvalue weighted by Gasteiger charge is -2.18. The molecule has 1 aliphatic rings. The zero-order chi connectivity index (χ0) is 13.8. The third kappa shape index (κ3) is 2.66. The van der Waals surface area contributed by atoms with E-state index in [1.165, 1.54) is 0 Å². The molecule has 0 spiro atoms. The molecule has 1 N–H and O–H groups in total. The summed E-state index contributed by atoms with van der Waals surface area (Å²) in [5.74, 6) is 0. The monoisotopic (exact) mass is 282 g/mol. The van der Waals surface area contributed by atoms with Crippen molar-refractivity contribution in [3.05, 3.63) is 71.8 Å². The second-order valence-electron chi connectivity index (χ2n) is 4.62. The van der Waals surface area contributed by atoms with E-state index in [1.807, 2.05) is 60.7 Å². The minimum atomic E-state index is -0.855. The molecule has 2 aromatic carbocycles. The van der Waals surface area contributed by atoms with Crippen LogP contribution in [-0.4, -0.2) is 21.5 Å². The van der Waals surface area contributed by atoms with Gasteiger partial charge in [-0.2, -0.15) is 0 Å². The molecule has 0 saturated heterocycles. The Balaban J connectivity index is 1.89. The number of benzene rings is 2. The molecule has 0 amide bonds. The van der Waals surface area contributed by atoms with E-state index in [0.717, 1.165) is 16.8 Å². The van der Waals surface area contributed by atoms with Gasteiger partial charge in [-0.1, -0.05) is 60.7 Å². The number of aliphatic imine (C=N–C) groups is 2. The van der Waals surface area contributed by atoms with Crippen molar-refractivity contribution in [2.24, 2.45) is 9.98 Å². The Bertz CT molecular complexity index is 640. The summed E-state index contributed by atoms with van der Waals surface area (Å²) in [4.78, 5) is 8.18. The molecular formula is C16H14N2OS. The van der Waals surface area contributed by atoms with Crippen LogP contribution in [0.1, 0.15) is 11.1 Å². The maximum absolute atomic E-state index is 9.64. The van der Waals surface area contributed by atoms with Crippen molar-refractivity contribution in [2.75, 3.05) is 0 Å². The second-order valence-corrected chi connectivity index (χ2v) is 5.45. The fraction of sp³-hybridized carbons (Fsp3) is 0.125. The average molecular weight is 282 g/mol. The molecule has 0 fully saturated rings. The van der Waals surface area contributed by atoms with Gasteiger partial charge in [-0.25, -0.2) is 9.98 Å². The van der Waals surface area contributed by atoms with E-state index in [1.54, 1.807) is 6.21 Å². The molecule has 0 aromatic heterocycles. The Morgan fingerprint density at radius 2 is 1.60 bits per heavy atom. The summed E-state index contributed by atoms with van der Waals surface area (Å²) in [5.41, 5.74) is 2.92. The zero-order valence-corrected chi connectivity index (χ0v) is 11.6. The molecule has 0 bridgehead atoms. The highest BCUT2D eigenvalue weighted by atomic mass is 32.2. The summed E-state index contributed by atoms with van der Waals surface area (Å²) in [7, 11) is 0. The first-order chi connectivity index (χ1) is 9.81. The normalized spacial score (nSPS) is 20.9. The standard InChI is InChI=1S/C16H14N2OS/c19-20-16(11-13-7-3-1-4-8-13)17-12-15(18-16)14-9-5-2-6-10-14/h1-10,12,19H,11H2. The minimum Gasteiger partial charge on any atom is -0.327 e. The molecule has 0 aliphatic carbocycles. The highest BCUT2D eigenvalue weighted by Crippen LogP contribution is 2.33. The number of hydrogen-bond acceptors (Lipinski definition) is 4. The number of rotatable bonds is 4. The first-order valence-electron chi connectivity index (χ1n) is 6.38. The Kier molecular flexibility index (Phi) is 3.67. The molecule has 1 unspecified atom stereocenters. The SMILES string of the molecule is OSC1(Cc2ccccc2)N=CC(c2ccccc2)=N1. The quantitative estimate of drug-likeness (QED) is 0.870. The maximum atomic E-state index is 9.64. The van der Waals surface area contributed by atoms with Crippen molar-refractivity contribution in [3.8, 4) is 0 Å². The van der Waals surface area contributed by atoms with Gasteiger partial charge in [0.05, 0.1) is 11.9 Å². The molecule has 3 nitrogen and oxygen atoms in total. The highest BCUT2D eigenvalue weighted by Gasteiger charge is 2.33. The van der Waals surface area contributed by atoms with Gasteiger partial charge in [-0.05, 0) is 5.56 Å². The lowest BCUT2D eigenvalue weighted by atomic mass is 10.1. The second kappa shape index (κ2) is 5.61. The molecule has 1 heterocycles. The molecule has 2 aromatic rings. The summed E-state index contributed by atoms with van der Waals surface area (Å²) >= 11 is 0.688. The van der Waals surface area contributed by atoms with Crippen LogP contribution in [0.2, 0.25) is 0 Å². The lowest BCUT2D eigenvalue weighted by Crippen LogP contribution is -2.20. The first-order valence-corrected chi connectivity index (χ1v) is 7.16. The van der Waals surface area contributed by atoms with Gasteiger partial charge in [0.1, 0.15) is 0 Å². The van der Waals surface area contributed by atoms with Gasteiger partial charge in [0.2, 0.25) is 4.99 Å². The van der Waals surface area contributed by atoms with Crippen LogP contribution in [0.15, 0.2) is 70.6 Å². The van der Waals surface area contributed by atoms with Crippen LogP contribution in [0.25, 0.3) is 0 Å². The first kappa shape index (κ1) is 13.1. The van der Waals surface area contributed by atoms with E-state index in [4.69, 9.17) is 0 Å². The summed E-state index contributed by atoms with van der Waals surface area (Å²) in [6, 6.07) is 19.8. The zero-order valence-electron chi connectivity index (χ0n) is 10.8. The van der Waals surface area contributed by atoms with Crippen molar-refractivity contribution in [1.29, 1.82) is 0 Å². The van der Waals surface area contributed by atoms with Crippen molar-refractivity contribution >= 4 is 24.0 Å². The van der Waals surface area contributed by atoms with E-state index in [2.05, 4.69) is 9.98 Å². The van der Waals surface area contributed by atoms with E-state index < -0.39 is 4.99 Å². The van der Waals surface area contributed by atoms with Crippen molar-refractivity contribution in [1.82, 2.24) is 0 Å². The highest BCUT2D eigenvalue weighted by molar-refractivity contribution is 7.95. The van der Waals surface area contributed by atoms with E-state index in [-0.39, 0.29) is 0 Å². The molecule has 100 valence electrons. The molecule has 4 heteroatoms. The van der Waals surface area contributed by atoms with E-state index in [9.17, 15) is 4.55 Å². The molecule has 0 radical (unpaired) electrons. The molecule has 1 atom stereocenters. The molecule has 1 aliphatic heterocycles. The molecule has 3 rings (SSSR count). The fourth-order valence-corrected chi connectivity index (χ4v) is 2.65. The number of hydrogen-bond donors (Lipinski definition) is 1. The van der Waals surface area contributed by atoms with Crippen LogP contribution in [-0.2, 0) is 6.42 Å². The van der Waals surface area contributed by atoms with Gasteiger partial charge in [-0.15, -0.1) is 0 Å². The maximum Gasteiger partial charge on any atom is 0.226 e. The van der Waals surface area contributed by atoms with Gasteiger partial charge < -0.3 is 4.55 Å². The molecule has 0 saturated carbocycles. The van der Waals surface area contributed by atoms with E-state index >= 15 is 0 Å². The summed E-state index contributed by atoms with van der Waals surface area (Å²) in [5, 5.41) is 0.